The lowest BCUT2D eigenvalue weighted by Crippen LogP contribution is -2.08. The average Bonchev–Trinajstić information content (AvgIpc) is 2.55. The van der Waals surface area contributed by atoms with Crippen molar-refractivity contribution in [2.45, 2.75) is 45.4 Å². The van der Waals surface area contributed by atoms with E-state index in [-0.39, 0.29) is 0 Å². The number of rotatable bonds is 4. The second-order valence-electron chi connectivity index (χ2n) is 4.36. The Morgan fingerprint density at radius 2 is 2.00 bits per heavy atom. The molecule has 0 fully saturated rings. The molecule has 17 heavy (non-hydrogen) atoms. The maximum atomic E-state index is 6.24. The van der Waals surface area contributed by atoms with Crippen molar-refractivity contribution in [3.8, 4) is 0 Å². The standard InChI is InChI=1S/C13H19ClN2O/c1-2-17-9-8-12-15-11-7-5-3-4-6-10(11)13(14)16-12/h2-9H2,1H3. The Kier molecular flexibility index (Phi) is 4.75. The van der Waals surface area contributed by atoms with E-state index in [9.17, 15) is 0 Å². The van der Waals surface area contributed by atoms with Crippen LogP contribution in [0, 0.1) is 0 Å². The highest BCUT2D eigenvalue weighted by Gasteiger charge is 2.15. The molecular formula is C13H19ClN2O. The molecule has 0 N–H and O–H groups in total. The highest BCUT2D eigenvalue weighted by Crippen LogP contribution is 2.24. The summed E-state index contributed by atoms with van der Waals surface area (Å²) in [6.07, 6.45) is 6.50. The molecule has 0 aliphatic heterocycles. The van der Waals surface area contributed by atoms with Gasteiger partial charge in [-0.15, -0.1) is 0 Å². The van der Waals surface area contributed by atoms with Crippen molar-refractivity contribution in [2.24, 2.45) is 0 Å². The fourth-order valence-electron chi connectivity index (χ4n) is 2.19. The first-order valence-corrected chi connectivity index (χ1v) is 6.81. The molecule has 1 heterocycles. The lowest BCUT2D eigenvalue weighted by Gasteiger charge is -2.09. The second kappa shape index (κ2) is 6.31. The third-order valence-electron chi connectivity index (χ3n) is 3.10. The molecule has 0 saturated heterocycles. The zero-order chi connectivity index (χ0) is 12.1. The van der Waals surface area contributed by atoms with Crippen LogP contribution in [0.2, 0.25) is 5.15 Å². The van der Waals surface area contributed by atoms with E-state index in [1.165, 1.54) is 24.8 Å². The van der Waals surface area contributed by atoms with E-state index in [4.69, 9.17) is 16.3 Å². The lowest BCUT2D eigenvalue weighted by molar-refractivity contribution is 0.149. The lowest BCUT2D eigenvalue weighted by atomic mass is 10.1. The summed E-state index contributed by atoms with van der Waals surface area (Å²) < 4.78 is 5.32. The van der Waals surface area contributed by atoms with Crippen LogP contribution in [0.1, 0.15) is 43.3 Å². The number of aryl methyl sites for hydroxylation is 1. The number of hydrogen-bond acceptors (Lipinski definition) is 3. The van der Waals surface area contributed by atoms with E-state index < -0.39 is 0 Å². The van der Waals surface area contributed by atoms with Crippen LogP contribution in [0.4, 0.5) is 0 Å². The molecule has 0 radical (unpaired) electrons. The molecule has 1 aromatic heterocycles. The first kappa shape index (κ1) is 12.8. The van der Waals surface area contributed by atoms with Crippen molar-refractivity contribution >= 4 is 11.6 Å². The van der Waals surface area contributed by atoms with E-state index in [1.54, 1.807) is 0 Å². The summed E-state index contributed by atoms with van der Waals surface area (Å²) in [7, 11) is 0. The summed E-state index contributed by atoms with van der Waals surface area (Å²) in [5.41, 5.74) is 2.33. The maximum absolute atomic E-state index is 6.24. The normalized spacial score (nSPS) is 15.4. The van der Waals surface area contributed by atoms with Crippen LogP contribution in [0.3, 0.4) is 0 Å². The van der Waals surface area contributed by atoms with Gasteiger partial charge in [-0.05, 0) is 32.6 Å². The van der Waals surface area contributed by atoms with Crippen LogP contribution in [-0.2, 0) is 24.0 Å². The zero-order valence-corrected chi connectivity index (χ0v) is 11.1. The average molecular weight is 255 g/mol. The molecule has 0 spiro atoms. The van der Waals surface area contributed by atoms with Crippen molar-refractivity contribution in [3.05, 3.63) is 22.2 Å². The van der Waals surface area contributed by atoms with Gasteiger partial charge in [-0.25, -0.2) is 9.97 Å². The van der Waals surface area contributed by atoms with Crippen molar-refractivity contribution < 1.29 is 4.74 Å². The molecule has 0 bridgehead atoms. The summed E-state index contributed by atoms with van der Waals surface area (Å²) >= 11 is 6.24. The van der Waals surface area contributed by atoms with Gasteiger partial charge in [0.25, 0.3) is 0 Å². The molecule has 0 unspecified atom stereocenters. The predicted octanol–water partition coefficient (Wildman–Crippen LogP) is 2.98. The van der Waals surface area contributed by atoms with Gasteiger partial charge in [-0.2, -0.15) is 0 Å². The summed E-state index contributed by atoms with van der Waals surface area (Å²) in [5, 5.41) is 0.656. The monoisotopic (exact) mass is 254 g/mol. The number of nitrogens with zero attached hydrogens (tertiary/aromatic N) is 2. The van der Waals surface area contributed by atoms with E-state index >= 15 is 0 Å². The highest BCUT2D eigenvalue weighted by molar-refractivity contribution is 6.30. The Bertz CT molecular complexity index is 382. The summed E-state index contributed by atoms with van der Waals surface area (Å²) in [6, 6.07) is 0. The smallest absolute Gasteiger partial charge is 0.136 e. The minimum absolute atomic E-state index is 0.656. The number of hydrogen-bond donors (Lipinski definition) is 0. The van der Waals surface area contributed by atoms with Gasteiger partial charge >= 0.3 is 0 Å². The Labute approximate surface area is 108 Å². The summed E-state index contributed by atoms with van der Waals surface area (Å²) in [4.78, 5) is 9.00. The topological polar surface area (TPSA) is 35.0 Å². The second-order valence-corrected chi connectivity index (χ2v) is 4.72. The first-order valence-electron chi connectivity index (χ1n) is 6.43. The Morgan fingerprint density at radius 3 is 2.82 bits per heavy atom. The molecule has 2 rings (SSSR count). The molecule has 4 heteroatoms. The molecule has 1 aromatic rings. The van der Waals surface area contributed by atoms with Crippen molar-refractivity contribution in [1.82, 2.24) is 9.97 Å². The predicted molar refractivity (Wildman–Crippen MR) is 68.5 cm³/mol. The number of fused-ring (bicyclic) bond motifs is 1. The fourth-order valence-corrected chi connectivity index (χ4v) is 2.49. The van der Waals surface area contributed by atoms with Crippen LogP contribution >= 0.6 is 11.6 Å². The van der Waals surface area contributed by atoms with Crippen LogP contribution in [-0.4, -0.2) is 23.2 Å². The molecule has 1 aliphatic rings. The number of aromatic nitrogens is 2. The fraction of sp³-hybridized carbons (Fsp3) is 0.692. The molecule has 0 amide bonds. The van der Waals surface area contributed by atoms with Crippen molar-refractivity contribution in [1.29, 1.82) is 0 Å². The van der Waals surface area contributed by atoms with Gasteiger partial charge in [0.05, 0.1) is 6.61 Å². The molecular weight excluding hydrogens is 236 g/mol. The molecule has 0 atom stereocenters. The largest absolute Gasteiger partial charge is 0.381 e. The van der Waals surface area contributed by atoms with Gasteiger partial charge in [0, 0.05) is 24.3 Å². The van der Waals surface area contributed by atoms with Gasteiger partial charge in [0.2, 0.25) is 0 Å². The van der Waals surface area contributed by atoms with Gasteiger partial charge in [0.15, 0.2) is 0 Å². The summed E-state index contributed by atoms with van der Waals surface area (Å²) in [6.45, 7) is 3.40. The maximum Gasteiger partial charge on any atom is 0.136 e. The minimum atomic E-state index is 0.656. The number of ether oxygens (including phenoxy) is 1. The highest BCUT2D eigenvalue weighted by atomic mass is 35.5. The van der Waals surface area contributed by atoms with Crippen LogP contribution < -0.4 is 0 Å². The van der Waals surface area contributed by atoms with E-state index in [1.807, 2.05) is 6.92 Å². The van der Waals surface area contributed by atoms with Gasteiger partial charge in [-0.1, -0.05) is 18.0 Å². The Hall–Kier alpha value is -0.670. The Balaban J connectivity index is 2.14. The molecule has 0 aromatic carbocycles. The SMILES string of the molecule is CCOCCc1nc(Cl)c2c(n1)CCCCC2. The third-order valence-corrected chi connectivity index (χ3v) is 3.42. The molecule has 94 valence electrons. The third kappa shape index (κ3) is 3.39. The molecule has 3 nitrogen and oxygen atoms in total. The van der Waals surface area contributed by atoms with E-state index in [0.717, 1.165) is 37.4 Å². The van der Waals surface area contributed by atoms with Crippen LogP contribution in [0.5, 0.6) is 0 Å². The van der Waals surface area contributed by atoms with Gasteiger partial charge < -0.3 is 4.74 Å². The molecule has 0 saturated carbocycles. The summed E-state index contributed by atoms with van der Waals surface area (Å²) in [5.74, 6) is 0.823. The van der Waals surface area contributed by atoms with Crippen LogP contribution in [0.25, 0.3) is 0 Å². The molecule has 1 aliphatic carbocycles. The van der Waals surface area contributed by atoms with E-state index in [2.05, 4.69) is 9.97 Å². The van der Waals surface area contributed by atoms with Crippen molar-refractivity contribution in [2.75, 3.05) is 13.2 Å². The number of halogens is 1. The van der Waals surface area contributed by atoms with Gasteiger partial charge in [-0.3, -0.25) is 0 Å². The first-order chi connectivity index (χ1) is 8.31. The van der Waals surface area contributed by atoms with Crippen molar-refractivity contribution in [3.63, 3.8) is 0 Å². The quantitative estimate of drug-likeness (QED) is 0.471. The Morgan fingerprint density at radius 1 is 1.18 bits per heavy atom. The van der Waals surface area contributed by atoms with Crippen LogP contribution in [0.15, 0.2) is 0 Å². The van der Waals surface area contributed by atoms with Gasteiger partial charge in [0.1, 0.15) is 11.0 Å². The zero-order valence-electron chi connectivity index (χ0n) is 10.3. The minimum Gasteiger partial charge on any atom is -0.381 e. The van der Waals surface area contributed by atoms with E-state index in [0.29, 0.717) is 11.8 Å².